The largest absolute Gasteiger partial charge is 0.440 e. The van der Waals surface area contributed by atoms with Crippen LogP contribution in [0, 0.1) is 6.92 Å². The number of aryl methyl sites for hydroxylation is 1. The minimum atomic E-state index is -7.23. The van der Waals surface area contributed by atoms with Gasteiger partial charge in [0.15, 0.2) is 0 Å². The Morgan fingerprint density at radius 2 is 1.17 bits per heavy atom. The molecule has 0 aliphatic heterocycles. The summed E-state index contributed by atoms with van der Waals surface area (Å²) in [6.07, 6.45) is -21.2. The smallest absolute Gasteiger partial charge is 0.213 e. The molecule has 13 heteroatoms. The van der Waals surface area contributed by atoms with Crippen LogP contribution >= 0.6 is 0 Å². The number of benzene rings is 1. The van der Waals surface area contributed by atoms with Crippen LogP contribution in [-0.4, -0.2) is 32.5 Å². The number of hydrogen-bond acceptors (Lipinski definition) is 3. The first-order valence-corrected chi connectivity index (χ1v) is 7.09. The van der Waals surface area contributed by atoms with Crippen molar-refractivity contribution < 1.29 is 52.1 Å². The van der Waals surface area contributed by atoms with Crippen LogP contribution in [0.5, 0.6) is 0 Å². The Hall–Kier alpha value is -1.50. The average Bonchev–Trinajstić information content (AvgIpc) is 2.34. The zero-order valence-corrected chi connectivity index (χ0v) is 12.2. The molecule has 0 atom stereocenters. The Balaban J connectivity index is 3.39. The van der Waals surface area contributed by atoms with Crippen molar-refractivity contribution in [1.29, 1.82) is 0 Å². The van der Waals surface area contributed by atoms with Gasteiger partial charge in [-0.25, -0.2) is 4.39 Å². The van der Waals surface area contributed by atoms with Crippen LogP contribution in [0.25, 0.3) is 0 Å². The second kappa shape index (κ2) is 5.79. The molecule has 0 N–H and O–H groups in total. The fourth-order valence-electron chi connectivity index (χ4n) is 1.44. The van der Waals surface area contributed by atoms with Crippen molar-refractivity contribution in [3.8, 4) is 0 Å². The Bertz CT molecular complexity index is 675. The van der Waals surface area contributed by atoms with Crippen LogP contribution in [0.3, 0.4) is 0 Å². The lowest BCUT2D eigenvalue weighted by molar-refractivity contribution is -0.432. The molecule has 0 aliphatic carbocycles. The van der Waals surface area contributed by atoms with Crippen LogP contribution < -0.4 is 0 Å². The Morgan fingerprint density at radius 1 is 0.792 bits per heavy atom. The average molecular weight is 390 g/mol. The molecule has 0 saturated carbocycles. The number of halogens is 9. The minimum absolute atomic E-state index is 0.395. The molecule has 0 fully saturated rings. The van der Waals surface area contributed by atoms with Gasteiger partial charge in [0.05, 0.1) is 4.90 Å². The summed E-state index contributed by atoms with van der Waals surface area (Å²) in [6, 6.07) is 3.18. The highest BCUT2D eigenvalue weighted by molar-refractivity contribution is 7.86. The molecule has 0 radical (unpaired) electrons. The standard InChI is InChI=1S/C11H7F9O3S/c1-6-2-4-7(5-3-6)24(21,22)23-11(19,20)8(12,9(13,14)15)10(16,17)18/h2-5H,1H3. The van der Waals surface area contributed by atoms with E-state index < -0.39 is 39.1 Å². The Morgan fingerprint density at radius 3 is 1.50 bits per heavy atom. The van der Waals surface area contributed by atoms with Crippen molar-refractivity contribution in [2.45, 2.75) is 35.9 Å². The third-order valence-electron chi connectivity index (χ3n) is 2.71. The van der Waals surface area contributed by atoms with Crippen LogP contribution in [-0.2, 0) is 14.3 Å². The van der Waals surface area contributed by atoms with E-state index in [4.69, 9.17) is 0 Å². The molecular formula is C11H7F9O3S. The van der Waals surface area contributed by atoms with E-state index in [1.54, 1.807) is 0 Å². The van der Waals surface area contributed by atoms with Crippen LogP contribution in [0.4, 0.5) is 39.5 Å². The van der Waals surface area contributed by atoms with Crippen molar-refractivity contribution in [3.63, 3.8) is 0 Å². The molecule has 0 amide bonds. The zero-order valence-electron chi connectivity index (χ0n) is 11.3. The minimum Gasteiger partial charge on any atom is -0.213 e. The second-order valence-electron chi connectivity index (χ2n) is 4.52. The molecule has 3 nitrogen and oxygen atoms in total. The van der Waals surface area contributed by atoms with Crippen LogP contribution in [0.2, 0.25) is 0 Å². The highest BCUT2D eigenvalue weighted by atomic mass is 32.2. The molecule has 0 unspecified atom stereocenters. The first-order valence-electron chi connectivity index (χ1n) is 5.68. The summed E-state index contributed by atoms with van der Waals surface area (Å²) in [5, 5.41) is 0. The van der Waals surface area contributed by atoms with E-state index >= 15 is 0 Å². The van der Waals surface area contributed by atoms with Gasteiger partial charge in [-0.1, -0.05) is 17.7 Å². The topological polar surface area (TPSA) is 43.4 Å². The van der Waals surface area contributed by atoms with E-state index in [2.05, 4.69) is 4.18 Å². The van der Waals surface area contributed by atoms with Crippen molar-refractivity contribution >= 4 is 10.1 Å². The first kappa shape index (κ1) is 20.5. The molecule has 138 valence electrons. The van der Waals surface area contributed by atoms with E-state index in [0.717, 1.165) is 12.1 Å². The number of hydrogen-bond donors (Lipinski definition) is 0. The van der Waals surface area contributed by atoms with Gasteiger partial charge in [0.1, 0.15) is 0 Å². The predicted molar refractivity (Wildman–Crippen MR) is 60.3 cm³/mol. The van der Waals surface area contributed by atoms with E-state index in [1.807, 2.05) is 0 Å². The predicted octanol–water partition coefficient (Wildman–Crippen LogP) is 4.13. The molecule has 1 aromatic carbocycles. The second-order valence-corrected chi connectivity index (χ2v) is 6.07. The van der Waals surface area contributed by atoms with Gasteiger partial charge in [0.2, 0.25) is 0 Å². The highest BCUT2D eigenvalue weighted by Crippen LogP contribution is 2.55. The number of rotatable bonds is 4. The zero-order chi connectivity index (χ0) is 19.2. The summed E-state index contributed by atoms with van der Waals surface area (Å²) < 4.78 is 139. The number of alkyl halides is 9. The van der Waals surface area contributed by atoms with Gasteiger partial charge in [-0.15, -0.1) is 0 Å². The summed E-state index contributed by atoms with van der Waals surface area (Å²) in [6.45, 7) is 1.42. The maximum absolute atomic E-state index is 13.3. The van der Waals surface area contributed by atoms with Gasteiger partial charge < -0.3 is 0 Å². The van der Waals surface area contributed by atoms with Crippen LogP contribution in [0.1, 0.15) is 5.56 Å². The molecule has 1 aromatic rings. The molecule has 0 aliphatic rings. The maximum Gasteiger partial charge on any atom is 0.440 e. The van der Waals surface area contributed by atoms with Gasteiger partial charge in [-0.05, 0) is 19.1 Å². The lowest BCUT2D eigenvalue weighted by Gasteiger charge is -2.34. The normalized spacial score (nSPS) is 14.8. The molecule has 0 aromatic heterocycles. The fourth-order valence-corrected chi connectivity index (χ4v) is 2.40. The van der Waals surface area contributed by atoms with Crippen molar-refractivity contribution in [3.05, 3.63) is 29.8 Å². The monoisotopic (exact) mass is 390 g/mol. The molecular weight excluding hydrogens is 383 g/mol. The molecule has 0 spiro atoms. The molecule has 0 bridgehead atoms. The summed E-state index contributed by atoms with van der Waals surface area (Å²) in [5.41, 5.74) is -6.84. The van der Waals surface area contributed by atoms with Gasteiger partial charge in [-0.3, -0.25) is 0 Å². The van der Waals surface area contributed by atoms with Crippen molar-refractivity contribution in [2.24, 2.45) is 0 Å². The van der Waals surface area contributed by atoms with Gasteiger partial charge in [0.25, 0.3) is 0 Å². The highest BCUT2D eigenvalue weighted by Gasteiger charge is 2.86. The van der Waals surface area contributed by atoms with E-state index in [-0.39, 0.29) is 0 Å². The third kappa shape index (κ3) is 3.45. The van der Waals surface area contributed by atoms with E-state index in [1.165, 1.54) is 6.92 Å². The SMILES string of the molecule is Cc1ccc(S(=O)(=O)OC(F)(F)C(F)(C(F)(F)F)C(F)(F)F)cc1. The van der Waals surface area contributed by atoms with Gasteiger partial charge in [0, 0.05) is 0 Å². The van der Waals surface area contributed by atoms with Gasteiger partial charge in [-0.2, -0.15) is 47.7 Å². The summed E-state index contributed by atoms with van der Waals surface area (Å²) in [7, 11) is -5.83. The summed E-state index contributed by atoms with van der Waals surface area (Å²) >= 11 is 0. The Labute approximate surface area is 129 Å². The fraction of sp³-hybridized carbons (Fsp3) is 0.455. The molecule has 1 rings (SSSR count). The quantitative estimate of drug-likeness (QED) is 0.574. The van der Waals surface area contributed by atoms with Gasteiger partial charge >= 0.3 is 34.2 Å². The van der Waals surface area contributed by atoms with E-state index in [9.17, 15) is 47.9 Å². The Kier molecular flexibility index (Phi) is 4.96. The maximum atomic E-state index is 13.3. The third-order valence-corrected chi connectivity index (χ3v) is 3.98. The lowest BCUT2D eigenvalue weighted by atomic mass is 10.0. The first-order chi connectivity index (χ1) is 10.5. The molecule has 24 heavy (non-hydrogen) atoms. The molecule has 0 saturated heterocycles. The molecule has 0 heterocycles. The van der Waals surface area contributed by atoms with E-state index in [0.29, 0.717) is 17.7 Å². The van der Waals surface area contributed by atoms with Crippen LogP contribution in [0.15, 0.2) is 29.2 Å². The lowest BCUT2D eigenvalue weighted by Crippen LogP contribution is -2.65. The van der Waals surface area contributed by atoms with Crippen molar-refractivity contribution in [1.82, 2.24) is 0 Å². The summed E-state index contributed by atoms with van der Waals surface area (Å²) in [4.78, 5) is -1.18. The summed E-state index contributed by atoms with van der Waals surface area (Å²) in [5.74, 6) is 0. The van der Waals surface area contributed by atoms with Crippen molar-refractivity contribution in [2.75, 3.05) is 0 Å².